The predicted octanol–water partition coefficient (Wildman–Crippen LogP) is 2.32. The average Bonchev–Trinajstić information content (AvgIpc) is 2.70. The molecule has 3 rings (SSSR count). The number of nitrogens with one attached hydrogen (secondary N) is 1. The summed E-state index contributed by atoms with van der Waals surface area (Å²) in [5.74, 6) is -6.54. The van der Waals surface area contributed by atoms with Gasteiger partial charge in [-0.2, -0.15) is 0 Å². The van der Waals surface area contributed by atoms with Gasteiger partial charge in [-0.1, -0.05) is 12.1 Å². The molecule has 2 amide bonds. The minimum atomic E-state index is -1.75. The molecule has 0 unspecified atom stereocenters. The van der Waals surface area contributed by atoms with Crippen LogP contribution in [0.3, 0.4) is 0 Å². The lowest BCUT2D eigenvalue weighted by Crippen LogP contribution is -2.51. The van der Waals surface area contributed by atoms with E-state index in [-0.39, 0.29) is 5.82 Å². The summed E-state index contributed by atoms with van der Waals surface area (Å²) in [6, 6.07) is 7.78. The van der Waals surface area contributed by atoms with Crippen molar-refractivity contribution in [1.29, 1.82) is 0 Å². The smallest absolute Gasteiger partial charge is 0.254 e. The molecule has 1 aliphatic heterocycles. The van der Waals surface area contributed by atoms with Crippen molar-refractivity contribution < 1.29 is 27.2 Å². The summed E-state index contributed by atoms with van der Waals surface area (Å²) in [5, 5.41) is 2.20. The molecule has 0 aromatic heterocycles. The van der Waals surface area contributed by atoms with Crippen molar-refractivity contribution in [3.05, 3.63) is 65.2 Å². The van der Waals surface area contributed by atoms with E-state index in [1.54, 1.807) is 18.2 Å². The fourth-order valence-electron chi connectivity index (χ4n) is 2.97. The molecular formula is C19H17F4N3O2. The maximum Gasteiger partial charge on any atom is 0.254 e. The number of carbonyl (C=O) groups excluding carboxylic acids is 2. The highest BCUT2D eigenvalue weighted by Crippen LogP contribution is 2.20. The Bertz CT molecular complexity index is 899. The Morgan fingerprint density at radius 3 is 2.21 bits per heavy atom. The van der Waals surface area contributed by atoms with E-state index in [9.17, 15) is 27.2 Å². The van der Waals surface area contributed by atoms with Crippen molar-refractivity contribution in [3.63, 3.8) is 0 Å². The van der Waals surface area contributed by atoms with Crippen LogP contribution in [0, 0.1) is 23.3 Å². The quantitative estimate of drug-likeness (QED) is 0.639. The molecule has 5 nitrogen and oxygen atoms in total. The Balaban J connectivity index is 1.53. The van der Waals surface area contributed by atoms with Crippen molar-refractivity contribution in [2.75, 3.05) is 37.6 Å². The number of para-hydroxylation sites is 1. The van der Waals surface area contributed by atoms with Crippen LogP contribution in [0.5, 0.6) is 0 Å². The second-order valence-electron chi connectivity index (χ2n) is 6.22. The molecule has 28 heavy (non-hydrogen) atoms. The first-order chi connectivity index (χ1) is 13.4. The fourth-order valence-corrected chi connectivity index (χ4v) is 2.97. The Morgan fingerprint density at radius 1 is 0.857 bits per heavy atom. The second kappa shape index (κ2) is 8.28. The molecule has 1 aliphatic rings. The molecule has 148 valence electrons. The van der Waals surface area contributed by atoms with Gasteiger partial charge >= 0.3 is 0 Å². The first kappa shape index (κ1) is 19.7. The Hall–Kier alpha value is -3.10. The van der Waals surface area contributed by atoms with Crippen LogP contribution in [0.15, 0.2) is 36.4 Å². The lowest BCUT2D eigenvalue weighted by molar-refractivity contribution is -0.130. The van der Waals surface area contributed by atoms with E-state index in [1.165, 1.54) is 11.0 Å². The molecule has 2 aromatic rings. The molecule has 1 saturated heterocycles. The van der Waals surface area contributed by atoms with E-state index in [0.29, 0.717) is 37.9 Å². The summed E-state index contributed by atoms with van der Waals surface area (Å²) >= 11 is 0. The minimum absolute atomic E-state index is 0.322. The topological polar surface area (TPSA) is 52.7 Å². The van der Waals surface area contributed by atoms with E-state index in [1.807, 2.05) is 4.90 Å². The van der Waals surface area contributed by atoms with Crippen molar-refractivity contribution in [2.45, 2.75) is 0 Å². The number of hydrogen-bond donors (Lipinski definition) is 1. The van der Waals surface area contributed by atoms with Crippen LogP contribution in [0.4, 0.5) is 23.2 Å². The molecule has 9 heteroatoms. The molecule has 0 radical (unpaired) electrons. The molecule has 1 N–H and O–H groups in total. The molecule has 0 aliphatic carbocycles. The van der Waals surface area contributed by atoms with Crippen LogP contribution < -0.4 is 10.2 Å². The Labute approximate surface area is 158 Å². The van der Waals surface area contributed by atoms with E-state index in [4.69, 9.17) is 0 Å². The van der Waals surface area contributed by atoms with Gasteiger partial charge in [0.2, 0.25) is 5.91 Å². The third kappa shape index (κ3) is 4.08. The van der Waals surface area contributed by atoms with Crippen molar-refractivity contribution in [3.8, 4) is 0 Å². The van der Waals surface area contributed by atoms with Gasteiger partial charge in [-0.15, -0.1) is 0 Å². The Kier molecular flexibility index (Phi) is 5.81. The van der Waals surface area contributed by atoms with Crippen molar-refractivity contribution >= 4 is 17.5 Å². The first-order valence-corrected chi connectivity index (χ1v) is 8.57. The molecule has 0 spiro atoms. The Morgan fingerprint density at radius 2 is 1.54 bits per heavy atom. The number of carbonyl (C=O) groups is 2. The summed E-state index contributed by atoms with van der Waals surface area (Å²) < 4.78 is 53.6. The van der Waals surface area contributed by atoms with E-state index in [2.05, 4.69) is 5.32 Å². The zero-order valence-electron chi connectivity index (χ0n) is 14.7. The van der Waals surface area contributed by atoms with Gasteiger partial charge in [0, 0.05) is 26.2 Å². The van der Waals surface area contributed by atoms with E-state index in [0.717, 1.165) is 6.07 Å². The second-order valence-corrected chi connectivity index (χ2v) is 6.22. The minimum Gasteiger partial charge on any atom is -0.366 e. The van der Waals surface area contributed by atoms with Crippen molar-refractivity contribution in [2.24, 2.45) is 0 Å². The average molecular weight is 395 g/mol. The van der Waals surface area contributed by atoms with Gasteiger partial charge in [0.1, 0.15) is 5.82 Å². The standard InChI is InChI=1S/C19H17F4N3O2/c20-13-3-1-2-4-15(13)25-7-9-26(10-8-25)16(27)11-24-19(28)12-5-6-14(21)18(23)17(12)22/h1-6H,7-11H2,(H,24,28). The summed E-state index contributed by atoms with van der Waals surface area (Å²) in [6.45, 7) is 1.05. The van der Waals surface area contributed by atoms with Gasteiger partial charge in [-0.05, 0) is 24.3 Å². The maximum atomic E-state index is 13.8. The van der Waals surface area contributed by atoms with Crippen LogP contribution in [-0.4, -0.2) is 49.4 Å². The van der Waals surface area contributed by atoms with Gasteiger partial charge in [0.25, 0.3) is 5.91 Å². The maximum absolute atomic E-state index is 13.8. The molecule has 0 bridgehead atoms. The number of nitrogens with zero attached hydrogens (tertiary/aromatic N) is 2. The molecule has 0 saturated carbocycles. The van der Waals surface area contributed by atoms with Gasteiger partial charge in [-0.3, -0.25) is 9.59 Å². The number of benzene rings is 2. The number of piperazine rings is 1. The lowest BCUT2D eigenvalue weighted by atomic mass is 10.2. The highest BCUT2D eigenvalue weighted by molar-refractivity contribution is 5.96. The SMILES string of the molecule is O=C(NCC(=O)N1CCN(c2ccccc2F)CC1)c1ccc(F)c(F)c1F. The lowest BCUT2D eigenvalue weighted by Gasteiger charge is -2.36. The summed E-state index contributed by atoms with van der Waals surface area (Å²) in [4.78, 5) is 27.5. The van der Waals surface area contributed by atoms with Gasteiger partial charge in [0.05, 0.1) is 17.8 Å². The largest absolute Gasteiger partial charge is 0.366 e. The van der Waals surface area contributed by atoms with E-state index < -0.39 is 41.4 Å². The number of rotatable bonds is 4. The first-order valence-electron chi connectivity index (χ1n) is 8.57. The molecule has 1 heterocycles. The van der Waals surface area contributed by atoms with Crippen LogP contribution in [0.2, 0.25) is 0 Å². The number of hydrogen-bond acceptors (Lipinski definition) is 3. The number of halogens is 4. The molecular weight excluding hydrogens is 378 g/mol. The highest BCUT2D eigenvalue weighted by atomic mass is 19.2. The summed E-state index contributed by atoms with van der Waals surface area (Å²) in [7, 11) is 0. The number of anilines is 1. The zero-order valence-corrected chi connectivity index (χ0v) is 14.7. The molecule has 0 atom stereocenters. The van der Waals surface area contributed by atoms with Gasteiger partial charge in [-0.25, -0.2) is 17.6 Å². The third-order valence-corrected chi connectivity index (χ3v) is 4.51. The van der Waals surface area contributed by atoms with E-state index >= 15 is 0 Å². The van der Waals surface area contributed by atoms with Crippen LogP contribution in [-0.2, 0) is 4.79 Å². The molecule has 2 aromatic carbocycles. The highest BCUT2D eigenvalue weighted by Gasteiger charge is 2.24. The molecule has 1 fully saturated rings. The van der Waals surface area contributed by atoms with Crippen LogP contribution in [0.1, 0.15) is 10.4 Å². The summed E-state index contributed by atoms with van der Waals surface area (Å²) in [5.41, 5.74) is -0.229. The monoisotopic (exact) mass is 395 g/mol. The number of amides is 2. The predicted molar refractivity (Wildman–Crippen MR) is 93.8 cm³/mol. The van der Waals surface area contributed by atoms with Gasteiger partial charge < -0.3 is 15.1 Å². The normalized spacial score (nSPS) is 14.1. The van der Waals surface area contributed by atoms with Crippen molar-refractivity contribution in [1.82, 2.24) is 10.2 Å². The summed E-state index contributed by atoms with van der Waals surface area (Å²) in [6.07, 6.45) is 0. The van der Waals surface area contributed by atoms with Gasteiger partial charge in [0.15, 0.2) is 17.5 Å². The van der Waals surface area contributed by atoms with Crippen LogP contribution >= 0.6 is 0 Å². The fraction of sp³-hybridized carbons (Fsp3) is 0.263. The zero-order chi connectivity index (χ0) is 20.3. The third-order valence-electron chi connectivity index (χ3n) is 4.51. The van der Waals surface area contributed by atoms with Crippen LogP contribution in [0.25, 0.3) is 0 Å².